The van der Waals surface area contributed by atoms with Crippen LogP contribution in [0, 0.1) is 11.6 Å². The molecule has 0 saturated heterocycles. The Morgan fingerprint density at radius 1 is 1.28 bits per heavy atom. The van der Waals surface area contributed by atoms with Crippen molar-refractivity contribution in [3.63, 3.8) is 0 Å². The SMILES string of the molecule is COc1nc(Sc2ccc(F)c(F)c2)ncc1Br. The first-order valence-corrected chi connectivity index (χ1v) is 6.40. The van der Waals surface area contributed by atoms with E-state index in [1.54, 1.807) is 0 Å². The minimum atomic E-state index is -0.899. The number of nitrogens with zero attached hydrogens (tertiary/aromatic N) is 2. The topological polar surface area (TPSA) is 35.0 Å². The molecule has 0 spiro atoms. The molecule has 2 aromatic rings. The van der Waals surface area contributed by atoms with Gasteiger partial charge in [-0.2, -0.15) is 4.98 Å². The summed E-state index contributed by atoms with van der Waals surface area (Å²) in [5.41, 5.74) is 0. The maximum Gasteiger partial charge on any atom is 0.231 e. The van der Waals surface area contributed by atoms with Gasteiger partial charge in [-0.1, -0.05) is 0 Å². The quantitative estimate of drug-likeness (QED) is 0.803. The van der Waals surface area contributed by atoms with Crippen molar-refractivity contribution in [1.29, 1.82) is 0 Å². The molecule has 0 fully saturated rings. The van der Waals surface area contributed by atoms with E-state index in [9.17, 15) is 8.78 Å². The van der Waals surface area contributed by atoms with Gasteiger partial charge in [0, 0.05) is 11.1 Å². The maximum atomic E-state index is 13.0. The number of halogens is 3. The maximum absolute atomic E-state index is 13.0. The number of hydrogen-bond acceptors (Lipinski definition) is 4. The van der Waals surface area contributed by atoms with Crippen LogP contribution in [0.25, 0.3) is 0 Å². The fourth-order valence-electron chi connectivity index (χ4n) is 1.17. The predicted octanol–water partition coefficient (Wildman–Crippen LogP) is 3.68. The molecule has 1 heterocycles. The van der Waals surface area contributed by atoms with Gasteiger partial charge in [-0.25, -0.2) is 13.8 Å². The van der Waals surface area contributed by atoms with Crippen molar-refractivity contribution in [3.05, 3.63) is 40.5 Å². The monoisotopic (exact) mass is 332 g/mol. The van der Waals surface area contributed by atoms with E-state index < -0.39 is 11.6 Å². The molecule has 94 valence electrons. The molecule has 0 aliphatic heterocycles. The average molecular weight is 333 g/mol. The number of hydrogen-bond donors (Lipinski definition) is 0. The molecule has 1 aromatic heterocycles. The van der Waals surface area contributed by atoms with Gasteiger partial charge in [-0.05, 0) is 45.9 Å². The van der Waals surface area contributed by atoms with Gasteiger partial charge in [0.1, 0.15) is 0 Å². The molecule has 0 atom stereocenters. The Morgan fingerprint density at radius 2 is 2.06 bits per heavy atom. The number of methoxy groups -OCH3 is 1. The number of rotatable bonds is 3. The molecule has 0 aliphatic rings. The van der Waals surface area contributed by atoms with Crippen molar-refractivity contribution >= 4 is 27.7 Å². The van der Waals surface area contributed by atoms with Gasteiger partial charge in [-0.3, -0.25) is 0 Å². The Hall–Kier alpha value is -1.21. The zero-order valence-corrected chi connectivity index (χ0v) is 11.6. The van der Waals surface area contributed by atoms with E-state index in [0.29, 0.717) is 20.4 Å². The van der Waals surface area contributed by atoms with E-state index >= 15 is 0 Å². The molecular formula is C11H7BrF2N2OS. The summed E-state index contributed by atoms with van der Waals surface area (Å²) in [6.07, 6.45) is 1.54. The van der Waals surface area contributed by atoms with E-state index in [0.717, 1.165) is 23.9 Å². The lowest BCUT2D eigenvalue weighted by molar-refractivity contribution is 0.389. The van der Waals surface area contributed by atoms with Gasteiger partial charge in [0.05, 0.1) is 11.6 Å². The van der Waals surface area contributed by atoms with Crippen LogP contribution in [-0.4, -0.2) is 17.1 Å². The van der Waals surface area contributed by atoms with Crippen LogP contribution >= 0.6 is 27.7 Å². The third-order valence-corrected chi connectivity index (χ3v) is 3.40. The minimum Gasteiger partial charge on any atom is -0.480 e. The van der Waals surface area contributed by atoms with Crippen LogP contribution in [-0.2, 0) is 0 Å². The molecule has 2 rings (SSSR count). The third-order valence-electron chi connectivity index (χ3n) is 1.98. The lowest BCUT2D eigenvalue weighted by Crippen LogP contribution is -1.93. The Balaban J connectivity index is 2.25. The Bertz CT molecular complexity index is 583. The fraction of sp³-hybridized carbons (Fsp3) is 0.0909. The molecule has 1 aromatic carbocycles. The molecule has 0 N–H and O–H groups in total. The van der Waals surface area contributed by atoms with Gasteiger partial charge in [-0.15, -0.1) is 0 Å². The van der Waals surface area contributed by atoms with Crippen molar-refractivity contribution in [2.24, 2.45) is 0 Å². The van der Waals surface area contributed by atoms with Crippen molar-refractivity contribution in [2.45, 2.75) is 10.1 Å². The lowest BCUT2D eigenvalue weighted by atomic mass is 10.3. The molecule has 0 radical (unpaired) electrons. The van der Waals surface area contributed by atoms with Crippen molar-refractivity contribution < 1.29 is 13.5 Å². The summed E-state index contributed by atoms with van der Waals surface area (Å²) in [7, 11) is 1.49. The lowest BCUT2D eigenvalue weighted by Gasteiger charge is -2.04. The number of aromatic nitrogens is 2. The highest BCUT2D eigenvalue weighted by molar-refractivity contribution is 9.10. The second-order valence-corrected chi connectivity index (χ2v) is 5.08. The van der Waals surface area contributed by atoms with Crippen molar-refractivity contribution in [2.75, 3.05) is 7.11 Å². The van der Waals surface area contributed by atoms with Crippen LogP contribution in [0.1, 0.15) is 0 Å². The second-order valence-electron chi connectivity index (χ2n) is 3.19. The van der Waals surface area contributed by atoms with Crippen LogP contribution in [0.3, 0.4) is 0 Å². The van der Waals surface area contributed by atoms with Crippen LogP contribution in [0.2, 0.25) is 0 Å². The van der Waals surface area contributed by atoms with Crippen LogP contribution in [0.5, 0.6) is 5.88 Å². The molecule has 3 nitrogen and oxygen atoms in total. The Morgan fingerprint density at radius 3 is 2.72 bits per heavy atom. The van der Waals surface area contributed by atoms with E-state index in [1.807, 2.05) is 0 Å². The highest BCUT2D eigenvalue weighted by Crippen LogP contribution is 2.29. The molecule has 7 heteroatoms. The van der Waals surface area contributed by atoms with Gasteiger partial charge >= 0.3 is 0 Å². The van der Waals surface area contributed by atoms with Crippen molar-refractivity contribution in [1.82, 2.24) is 9.97 Å². The van der Waals surface area contributed by atoms with E-state index in [2.05, 4.69) is 25.9 Å². The summed E-state index contributed by atoms with van der Waals surface area (Å²) in [5.74, 6) is -1.40. The Labute approximate surface area is 115 Å². The predicted molar refractivity (Wildman–Crippen MR) is 66.8 cm³/mol. The minimum absolute atomic E-state index is 0.384. The van der Waals surface area contributed by atoms with E-state index in [4.69, 9.17) is 4.74 Å². The van der Waals surface area contributed by atoms with Crippen LogP contribution in [0.15, 0.2) is 38.9 Å². The molecular weight excluding hydrogens is 326 g/mol. The average Bonchev–Trinajstić information content (AvgIpc) is 2.36. The summed E-state index contributed by atoms with van der Waals surface area (Å²) in [5, 5.41) is 0.390. The van der Waals surface area contributed by atoms with Crippen LogP contribution in [0.4, 0.5) is 8.78 Å². The molecule has 0 bridgehead atoms. The van der Waals surface area contributed by atoms with E-state index in [1.165, 1.54) is 19.4 Å². The summed E-state index contributed by atoms with van der Waals surface area (Å²) < 4.78 is 31.4. The normalized spacial score (nSPS) is 10.4. The van der Waals surface area contributed by atoms with Gasteiger partial charge < -0.3 is 4.74 Å². The largest absolute Gasteiger partial charge is 0.480 e. The summed E-state index contributed by atoms with van der Waals surface area (Å²) >= 11 is 4.35. The number of benzene rings is 1. The number of ether oxygens (including phenoxy) is 1. The first-order valence-electron chi connectivity index (χ1n) is 4.79. The van der Waals surface area contributed by atoms with E-state index in [-0.39, 0.29) is 0 Å². The smallest absolute Gasteiger partial charge is 0.231 e. The molecule has 0 amide bonds. The zero-order valence-electron chi connectivity index (χ0n) is 9.15. The van der Waals surface area contributed by atoms with Gasteiger partial charge in [0.2, 0.25) is 5.88 Å². The van der Waals surface area contributed by atoms with Gasteiger partial charge in [0.25, 0.3) is 0 Å². The Kier molecular flexibility index (Phi) is 4.13. The second kappa shape index (κ2) is 5.62. The summed E-state index contributed by atoms with van der Waals surface area (Å²) in [6.45, 7) is 0. The zero-order chi connectivity index (χ0) is 13.1. The highest BCUT2D eigenvalue weighted by atomic mass is 79.9. The standard InChI is InChI=1S/C11H7BrF2N2OS/c1-17-10-7(12)5-15-11(16-10)18-6-2-3-8(13)9(14)4-6/h2-5H,1H3. The van der Waals surface area contributed by atoms with Gasteiger partial charge in [0.15, 0.2) is 16.8 Å². The first kappa shape index (κ1) is 13.2. The highest BCUT2D eigenvalue weighted by Gasteiger charge is 2.08. The first-order chi connectivity index (χ1) is 8.60. The van der Waals surface area contributed by atoms with Crippen molar-refractivity contribution in [3.8, 4) is 5.88 Å². The summed E-state index contributed by atoms with van der Waals surface area (Å²) in [6, 6.07) is 3.62. The molecule has 0 aliphatic carbocycles. The van der Waals surface area contributed by atoms with Crippen LogP contribution < -0.4 is 4.74 Å². The molecule has 18 heavy (non-hydrogen) atoms. The molecule has 0 unspecified atom stereocenters. The molecule has 0 saturated carbocycles. The fourth-order valence-corrected chi connectivity index (χ4v) is 2.27. The summed E-state index contributed by atoms with van der Waals surface area (Å²) in [4.78, 5) is 8.66. The third kappa shape index (κ3) is 2.97.